The Hall–Kier alpha value is -0.610. The Labute approximate surface area is 83.5 Å². The Balaban J connectivity index is 2.47. The van der Waals surface area contributed by atoms with Crippen molar-refractivity contribution >= 4 is 21.7 Å². The summed E-state index contributed by atoms with van der Waals surface area (Å²) in [5.74, 6) is 0.176. The second-order valence-corrected chi connectivity index (χ2v) is 3.60. The zero-order chi connectivity index (χ0) is 9.26. The van der Waals surface area contributed by atoms with Gasteiger partial charge < -0.3 is 9.47 Å². The molecule has 13 heavy (non-hydrogen) atoms. The maximum absolute atomic E-state index is 13.2. The van der Waals surface area contributed by atoms with Gasteiger partial charge in [-0.3, -0.25) is 0 Å². The van der Waals surface area contributed by atoms with E-state index in [1.807, 2.05) is 0 Å². The first-order chi connectivity index (χ1) is 6.31. The summed E-state index contributed by atoms with van der Waals surface area (Å²) in [6, 6.07) is 2.99. The van der Waals surface area contributed by atoms with Gasteiger partial charge >= 0.3 is 0 Å². The summed E-state index contributed by atoms with van der Waals surface area (Å²) in [5.41, 5.74) is 0. The second kappa shape index (κ2) is 3.64. The fraction of sp³-hybridized carbons (Fsp3) is 0.250. The maximum atomic E-state index is 13.2. The van der Waals surface area contributed by atoms with Crippen molar-refractivity contribution in [3.05, 3.63) is 17.9 Å². The number of halogens is 2. The lowest BCUT2D eigenvalue weighted by Crippen LogP contribution is -2.16. The van der Waals surface area contributed by atoms with Crippen LogP contribution in [0.15, 0.2) is 17.0 Å². The van der Waals surface area contributed by atoms with Gasteiger partial charge in [0.25, 0.3) is 0 Å². The van der Waals surface area contributed by atoms with Crippen LogP contribution in [-0.4, -0.2) is 13.2 Å². The zero-order valence-electron chi connectivity index (χ0n) is 6.55. The van der Waals surface area contributed by atoms with Gasteiger partial charge in [0.1, 0.15) is 13.2 Å². The molecule has 0 radical (unpaired) electrons. The van der Waals surface area contributed by atoms with Gasteiger partial charge in [0, 0.05) is 4.90 Å². The van der Waals surface area contributed by atoms with E-state index < -0.39 is 5.82 Å². The van der Waals surface area contributed by atoms with E-state index >= 15 is 0 Å². The van der Waals surface area contributed by atoms with E-state index in [0.29, 0.717) is 23.9 Å². The highest BCUT2D eigenvalue weighted by Crippen LogP contribution is 2.37. The lowest BCUT2D eigenvalue weighted by Gasteiger charge is -2.18. The van der Waals surface area contributed by atoms with Crippen molar-refractivity contribution in [2.45, 2.75) is 4.90 Å². The molecule has 0 spiro atoms. The quantitative estimate of drug-likeness (QED) is 0.725. The van der Waals surface area contributed by atoms with Crippen LogP contribution in [0.2, 0.25) is 0 Å². The van der Waals surface area contributed by atoms with Crippen LogP contribution < -0.4 is 9.47 Å². The van der Waals surface area contributed by atoms with Crippen LogP contribution in [0.1, 0.15) is 0 Å². The summed E-state index contributed by atoms with van der Waals surface area (Å²) >= 11 is 0. The van der Waals surface area contributed by atoms with E-state index in [4.69, 9.17) is 20.2 Å². The van der Waals surface area contributed by atoms with Gasteiger partial charge in [-0.2, -0.15) is 0 Å². The lowest BCUT2D eigenvalue weighted by atomic mass is 10.3. The number of benzene rings is 1. The smallest absolute Gasteiger partial charge is 0.197 e. The van der Waals surface area contributed by atoms with Crippen molar-refractivity contribution in [2.75, 3.05) is 13.2 Å². The Kier molecular flexibility index (Phi) is 2.51. The normalized spacial score (nSPS) is 14.3. The van der Waals surface area contributed by atoms with E-state index in [1.54, 1.807) is 6.07 Å². The minimum Gasteiger partial charge on any atom is -0.486 e. The number of hydrogen-bond donors (Lipinski definition) is 0. The van der Waals surface area contributed by atoms with Crippen LogP contribution in [0.5, 0.6) is 11.5 Å². The molecule has 0 unspecified atom stereocenters. The van der Waals surface area contributed by atoms with Gasteiger partial charge in [-0.1, -0.05) is 0 Å². The largest absolute Gasteiger partial charge is 0.486 e. The monoisotopic (exact) mass is 220 g/mol. The van der Waals surface area contributed by atoms with E-state index in [9.17, 15) is 4.39 Å². The lowest BCUT2D eigenvalue weighted by molar-refractivity contribution is 0.163. The Morgan fingerprint density at radius 2 is 2.08 bits per heavy atom. The van der Waals surface area contributed by atoms with Gasteiger partial charge in [0.2, 0.25) is 0 Å². The minimum absolute atomic E-state index is 0.181. The van der Waals surface area contributed by atoms with Crippen LogP contribution >= 0.6 is 21.7 Å². The Morgan fingerprint density at radius 1 is 1.31 bits per heavy atom. The van der Waals surface area contributed by atoms with Gasteiger partial charge in [0.15, 0.2) is 17.3 Å². The molecular formula is C8H6ClFO2S. The van der Waals surface area contributed by atoms with Crippen molar-refractivity contribution in [1.82, 2.24) is 0 Å². The molecule has 1 aromatic carbocycles. The Morgan fingerprint density at radius 3 is 2.85 bits per heavy atom. The maximum Gasteiger partial charge on any atom is 0.197 e. The molecule has 1 aromatic rings. The first kappa shape index (κ1) is 8.97. The molecule has 2 rings (SSSR count). The standard InChI is InChI=1S/C8H6ClFO2S/c9-13-5-3-6(10)8-7(4-5)11-1-2-12-8/h3-4H,1-2H2. The second-order valence-electron chi connectivity index (χ2n) is 2.51. The highest BCUT2D eigenvalue weighted by molar-refractivity contribution is 8.21. The van der Waals surface area contributed by atoms with Crippen LogP contribution in [0, 0.1) is 5.82 Å². The third-order valence-electron chi connectivity index (χ3n) is 1.66. The third kappa shape index (κ3) is 1.69. The van der Waals surface area contributed by atoms with Gasteiger partial charge in [0.05, 0.1) is 0 Å². The van der Waals surface area contributed by atoms with Crippen molar-refractivity contribution < 1.29 is 13.9 Å². The van der Waals surface area contributed by atoms with Crippen molar-refractivity contribution in [3.8, 4) is 11.5 Å². The van der Waals surface area contributed by atoms with Gasteiger partial charge in [-0.05, 0) is 33.8 Å². The Bertz CT molecular complexity index is 332. The molecule has 1 aliphatic heterocycles. The predicted octanol–water partition coefficient (Wildman–Crippen LogP) is 2.84. The first-order valence-corrected chi connectivity index (χ1v) is 5.33. The van der Waals surface area contributed by atoms with Crippen molar-refractivity contribution in [2.24, 2.45) is 0 Å². The summed E-state index contributed by atoms with van der Waals surface area (Å²) in [7, 11) is 6.45. The highest BCUT2D eigenvalue weighted by atomic mass is 35.7. The highest BCUT2D eigenvalue weighted by Gasteiger charge is 2.17. The average molecular weight is 221 g/mol. The van der Waals surface area contributed by atoms with Crippen molar-refractivity contribution in [1.29, 1.82) is 0 Å². The third-order valence-corrected chi connectivity index (χ3v) is 2.61. The topological polar surface area (TPSA) is 18.5 Å². The molecule has 0 bridgehead atoms. The van der Waals surface area contributed by atoms with Gasteiger partial charge in [-0.25, -0.2) is 4.39 Å². The predicted molar refractivity (Wildman–Crippen MR) is 49.1 cm³/mol. The molecule has 0 atom stereocenters. The summed E-state index contributed by atoms with van der Waals surface area (Å²) in [6.07, 6.45) is 0. The molecule has 1 aliphatic rings. The fourth-order valence-corrected chi connectivity index (χ4v) is 1.70. The summed E-state index contributed by atoms with van der Waals surface area (Å²) in [5, 5.41) is 0. The summed E-state index contributed by atoms with van der Waals surface area (Å²) in [4.78, 5) is 0.614. The molecule has 5 heteroatoms. The van der Waals surface area contributed by atoms with Crippen LogP contribution in [-0.2, 0) is 0 Å². The molecule has 1 heterocycles. The van der Waals surface area contributed by atoms with E-state index in [2.05, 4.69) is 0 Å². The number of fused-ring (bicyclic) bond motifs is 1. The zero-order valence-corrected chi connectivity index (χ0v) is 8.12. The molecule has 0 saturated carbocycles. The van der Waals surface area contributed by atoms with Crippen LogP contribution in [0.3, 0.4) is 0 Å². The first-order valence-electron chi connectivity index (χ1n) is 3.69. The summed E-state index contributed by atoms with van der Waals surface area (Å²) < 4.78 is 23.6. The number of ether oxygens (including phenoxy) is 2. The molecule has 0 fully saturated rings. The fourth-order valence-electron chi connectivity index (χ4n) is 1.13. The molecule has 0 amide bonds. The number of rotatable bonds is 1. The van der Waals surface area contributed by atoms with Crippen LogP contribution in [0.4, 0.5) is 4.39 Å². The molecular weight excluding hydrogens is 215 g/mol. The molecule has 70 valence electrons. The molecule has 2 nitrogen and oxygen atoms in total. The molecule has 0 N–H and O–H groups in total. The van der Waals surface area contributed by atoms with E-state index in [0.717, 1.165) is 11.0 Å². The van der Waals surface area contributed by atoms with Crippen LogP contribution in [0.25, 0.3) is 0 Å². The number of hydrogen-bond acceptors (Lipinski definition) is 3. The molecule has 0 aliphatic carbocycles. The molecule has 0 aromatic heterocycles. The molecule has 0 saturated heterocycles. The van der Waals surface area contributed by atoms with Gasteiger partial charge in [-0.15, -0.1) is 0 Å². The van der Waals surface area contributed by atoms with E-state index in [1.165, 1.54) is 6.07 Å². The average Bonchev–Trinajstić information content (AvgIpc) is 2.18. The minimum atomic E-state index is -0.430. The summed E-state index contributed by atoms with van der Waals surface area (Å²) in [6.45, 7) is 0.833. The SMILES string of the molecule is Fc1cc(SCl)cc2c1OCCO2. The van der Waals surface area contributed by atoms with E-state index in [-0.39, 0.29) is 5.75 Å². The van der Waals surface area contributed by atoms with Crippen molar-refractivity contribution in [3.63, 3.8) is 0 Å².